The molecule has 0 heterocycles. The minimum absolute atomic E-state index is 0.0218. The summed E-state index contributed by atoms with van der Waals surface area (Å²) in [7, 11) is 0. The number of amides is 1. The van der Waals surface area contributed by atoms with Crippen LogP contribution in [0.4, 0.5) is 24.5 Å². The number of phenolic OH excluding ortho intramolecular Hbond substituents is 1. The number of benzene rings is 3. The average molecular weight is 418 g/mol. The second-order valence-corrected chi connectivity index (χ2v) is 6.03. The van der Waals surface area contributed by atoms with E-state index in [1.165, 1.54) is 42.5 Å². The van der Waals surface area contributed by atoms with Gasteiger partial charge in [0.15, 0.2) is 5.56 Å². The first kappa shape index (κ1) is 20.6. The van der Waals surface area contributed by atoms with E-state index in [0.717, 1.165) is 24.3 Å². The minimum atomic E-state index is -4.50. The minimum Gasteiger partial charge on any atom is -0.507 e. The summed E-state index contributed by atoms with van der Waals surface area (Å²) in [4.78, 5) is 22.6. The highest BCUT2D eigenvalue weighted by molar-refractivity contribution is 6.09. The second kappa shape index (κ2) is 8.11. The quantitative estimate of drug-likeness (QED) is 0.429. The largest absolute Gasteiger partial charge is 0.507 e. The Morgan fingerprint density at radius 3 is 2.30 bits per heavy atom. The number of alkyl halides is 3. The number of hydrogen-bond acceptors (Lipinski definition) is 5. The maximum absolute atomic E-state index is 12.8. The molecule has 0 bridgehead atoms. The molecule has 154 valence electrons. The van der Waals surface area contributed by atoms with Crippen LogP contribution in [0.2, 0.25) is 0 Å². The molecule has 0 saturated carbocycles. The van der Waals surface area contributed by atoms with Crippen LogP contribution in [0.3, 0.4) is 0 Å². The molecule has 3 rings (SSSR count). The number of anilines is 1. The molecule has 0 aromatic heterocycles. The SMILES string of the molecule is O=C(Nc1ccc(Oc2cccc(C(F)(F)F)c2)cc1)c1c(O)cccc1[N+](=O)[O-]. The molecule has 3 aromatic carbocycles. The van der Waals surface area contributed by atoms with Gasteiger partial charge in [0.25, 0.3) is 11.6 Å². The average Bonchev–Trinajstić information content (AvgIpc) is 2.68. The first-order chi connectivity index (χ1) is 14.1. The lowest BCUT2D eigenvalue weighted by atomic mass is 10.1. The lowest BCUT2D eigenvalue weighted by Gasteiger charge is -2.11. The van der Waals surface area contributed by atoms with Crippen molar-refractivity contribution in [2.45, 2.75) is 6.18 Å². The van der Waals surface area contributed by atoms with Gasteiger partial charge in [-0.05, 0) is 48.5 Å². The van der Waals surface area contributed by atoms with Gasteiger partial charge < -0.3 is 15.2 Å². The summed E-state index contributed by atoms with van der Waals surface area (Å²) in [6.45, 7) is 0. The van der Waals surface area contributed by atoms with E-state index < -0.39 is 39.6 Å². The number of nitro groups is 1. The van der Waals surface area contributed by atoms with Crippen LogP contribution in [0, 0.1) is 10.1 Å². The van der Waals surface area contributed by atoms with Crippen molar-refractivity contribution in [3.63, 3.8) is 0 Å². The summed E-state index contributed by atoms with van der Waals surface area (Å²) in [6, 6.07) is 13.4. The summed E-state index contributed by atoms with van der Waals surface area (Å²) in [6.07, 6.45) is -4.50. The van der Waals surface area contributed by atoms with E-state index in [9.17, 15) is 33.2 Å². The number of aromatic hydroxyl groups is 1. The Balaban J connectivity index is 1.75. The third-order valence-electron chi connectivity index (χ3n) is 3.95. The van der Waals surface area contributed by atoms with Gasteiger partial charge in [-0.15, -0.1) is 0 Å². The van der Waals surface area contributed by atoms with Gasteiger partial charge in [-0.2, -0.15) is 13.2 Å². The van der Waals surface area contributed by atoms with Crippen molar-refractivity contribution >= 4 is 17.3 Å². The first-order valence-electron chi connectivity index (χ1n) is 8.38. The van der Waals surface area contributed by atoms with Gasteiger partial charge in [0, 0.05) is 11.8 Å². The number of phenols is 1. The lowest BCUT2D eigenvalue weighted by molar-refractivity contribution is -0.385. The van der Waals surface area contributed by atoms with E-state index in [4.69, 9.17) is 4.74 Å². The summed E-state index contributed by atoms with van der Waals surface area (Å²) >= 11 is 0. The predicted octanol–water partition coefficient (Wildman–Crippen LogP) is 5.36. The van der Waals surface area contributed by atoms with E-state index in [2.05, 4.69) is 5.32 Å². The lowest BCUT2D eigenvalue weighted by Crippen LogP contribution is -2.14. The number of halogens is 3. The highest BCUT2D eigenvalue weighted by Gasteiger charge is 2.30. The molecule has 0 spiro atoms. The smallest absolute Gasteiger partial charge is 0.416 e. The monoisotopic (exact) mass is 418 g/mol. The Hall–Kier alpha value is -4.08. The zero-order chi connectivity index (χ0) is 21.9. The maximum Gasteiger partial charge on any atom is 0.416 e. The van der Waals surface area contributed by atoms with Gasteiger partial charge in [-0.3, -0.25) is 14.9 Å². The van der Waals surface area contributed by atoms with Gasteiger partial charge >= 0.3 is 6.18 Å². The summed E-state index contributed by atoms with van der Waals surface area (Å²) in [5.74, 6) is -1.26. The normalized spacial score (nSPS) is 11.0. The van der Waals surface area contributed by atoms with Crippen LogP contribution >= 0.6 is 0 Å². The zero-order valence-electron chi connectivity index (χ0n) is 15.0. The number of nitro benzene ring substituents is 1. The molecule has 0 unspecified atom stereocenters. The standard InChI is InChI=1S/C20H13F3N2O5/c21-20(22,23)12-3-1-4-15(11-12)30-14-9-7-13(8-10-14)24-19(27)18-16(25(28)29)5-2-6-17(18)26/h1-11,26H,(H,24,27). The van der Waals surface area contributed by atoms with Crippen LogP contribution in [-0.4, -0.2) is 15.9 Å². The molecule has 0 saturated heterocycles. The Morgan fingerprint density at radius 1 is 1.00 bits per heavy atom. The molecule has 10 heteroatoms. The Bertz CT molecular complexity index is 1100. The van der Waals surface area contributed by atoms with Crippen molar-refractivity contribution in [3.8, 4) is 17.2 Å². The number of ether oxygens (including phenoxy) is 1. The third kappa shape index (κ3) is 4.66. The summed E-state index contributed by atoms with van der Waals surface area (Å²) < 4.78 is 43.7. The predicted molar refractivity (Wildman–Crippen MR) is 101 cm³/mol. The van der Waals surface area contributed by atoms with Crippen LogP contribution in [0.1, 0.15) is 15.9 Å². The molecule has 0 aliphatic carbocycles. The number of carbonyl (C=O) groups is 1. The van der Waals surface area contributed by atoms with Crippen molar-refractivity contribution in [2.75, 3.05) is 5.32 Å². The summed E-state index contributed by atoms with van der Waals surface area (Å²) in [5.41, 5.74) is -1.68. The highest BCUT2D eigenvalue weighted by atomic mass is 19.4. The molecule has 0 aliphatic heterocycles. The van der Waals surface area contributed by atoms with Crippen LogP contribution in [0.25, 0.3) is 0 Å². The van der Waals surface area contributed by atoms with Crippen molar-refractivity contribution < 1.29 is 32.7 Å². The fourth-order valence-electron chi connectivity index (χ4n) is 2.58. The number of hydrogen-bond donors (Lipinski definition) is 2. The molecule has 1 amide bonds. The molecule has 0 aliphatic rings. The zero-order valence-corrected chi connectivity index (χ0v) is 15.0. The molecule has 30 heavy (non-hydrogen) atoms. The van der Waals surface area contributed by atoms with Crippen LogP contribution in [0.15, 0.2) is 66.7 Å². The van der Waals surface area contributed by atoms with E-state index >= 15 is 0 Å². The molecule has 0 atom stereocenters. The van der Waals surface area contributed by atoms with Crippen molar-refractivity contribution in [1.29, 1.82) is 0 Å². The van der Waals surface area contributed by atoms with E-state index in [0.29, 0.717) is 0 Å². The number of carbonyl (C=O) groups excluding carboxylic acids is 1. The van der Waals surface area contributed by atoms with Gasteiger partial charge in [0.1, 0.15) is 17.2 Å². The topological polar surface area (TPSA) is 102 Å². The van der Waals surface area contributed by atoms with Gasteiger partial charge in [0.05, 0.1) is 10.5 Å². The molecule has 0 radical (unpaired) electrons. The molecular formula is C20H13F3N2O5. The Morgan fingerprint density at radius 2 is 1.67 bits per heavy atom. The van der Waals surface area contributed by atoms with Crippen molar-refractivity contribution in [1.82, 2.24) is 0 Å². The Kier molecular flexibility index (Phi) is 5.58. The first-order valence-corrected chi connectivity index (χ1v) is 8.38. The van der Waals surface area contributed by atoms with E-state index in [1.54, 1.807) is 0 Å². The van der Waals surface area contributed by atoms with E-state index in [-0.39, 0.29) is 17.2 Å². The van der Waals surface area contributed by atoms with Crippen LogP contribution in [-0.2, 0) is 6.18 Å². The van der Waals surface area contributed by atoms with Crippen molar-refractivity contribution in [3.05, 3.63) is 88.0 Å². The van der Waals surface area contributed by atoms with E-state index in [1.807, 2.05) is 0 Å². The number of rotatable bonds is 5. The highest BCUT2D eigenvalue weighted by Crippen LogP contribution is 2.33. The molecule has 0 fully saturated rings. The second-order valence-electron chi connectivity index (χ2n) is 6.03. The number of nitrogens with one attached hydrogen (secondary N) is 1. The Labute approximate surface area is 167 Å². The van der Waals surface area contributed by atoms with Crippen LogP contribution in [0.5, 0.6) is 17.2 Å². The van der Waals surface area contributed by atoms with Crippen LogP contribution < -0.4 is 10.1 Å². The fraction of sp³-hybridized carbons (Fsp3) is 0.0500. The van der Waals surface area contributed by atoms with Gasteiger partial charge in [-0.25, -0.2) is 0 Å². The van der Waals surface area contributed by atoms with Gasteiger partial charge in [-0.1, -0.05) is 12.1 Å². The molecule has 7 nitrogen and oxygen atoms in total. The third-order valence-corrected chi connectivity index (χ3v) is 3.95. The molecule has 2 N–H and O–H groups in total. The fourth-order valence-corrected chi connectivity index (χ4v) is 2.58. The maximum atomic E-state index is 12.8. The molecular weight excluding hydrogens is 405 g/mol. The van der Waals surface area contributed by atoms with Crippen molar-refractivity contribution in [2.24, 2.45) is 0 Å². The number of nitrogens with zero attached hydrogens (tertiary/aromatic N) is 1. The molecule has 3 aromatic rings. The summed E-state index contributed by atoms with van der Waals surface area (Å²) in [5, 5.41) is 23.3. The van der Waals surface area contributed by atoms with Gasteiger partial charge in [0.2, 0.25) is 0 Å².